The van der Waals surface area contributed by atoms with Crippen LogP contribution in [0.3, 0.4) is 0 Å². The van der Waals surface area contributed by atoms with Crippen molar-refractivity contribution in [2.45, 2.75) is 33.1 Å². The number of imidazole rings is 1. The van der Waals surface area contributed by atoms with Crippen molar-refractivity contribution in [2.75, 3.05) is 33.5 Å². The van der Waals surface area contributed by atoms with Crippen LogP contribution in [-0.4, -0.2) is 43.5 Å². The number of aromatic nitrogens is 2. The summed E-state index contributed by atoms with van der Waals surface area (Å²) < 4.78 is 21.4. The molecule has 0 unspecified atom stereocenters. The van der Waals surface area contributed by atoms with Gasteiger partial charge in [-0.1, -0.05) is 6.92 Å². The van der Waals surface area contributed by atoms with Gasteiger partial charge in [0.2, 0.25) is 0 Å². The van der Waals surface area contributed by atoms with Gasteiger partial charge in [-0.3, -0.25) is 4.98 Å². The zero-order chi connectivity index (χ0) is 13.9. The van der Waals surface area contributed by atoms with Crippen LogP contribution in [0.2, 0.25) is 0 Å². The minimum absolute atomic E-state index is 0.437. The van der Waals surface area contributed by atoms with Gasteiger partial charge in [0.1, 0.15) is 0 Å². The Morgan fingerprint density at radius 3 is 2.47 bits per heavy atom. The van der Waals surface area contributed by atoms with E-state index in [0.29, 0.717) is 37.6 Å². The lowest BCUT2D eigenvalue weighted by molar-refractivity contribution is 0.182. The Labute approximate surface area is 114 Å². The zero-order valence-electron chi connectivity index (χ0n) is 12.0. The fraction of sp³-hybridized carbons (Fsp3) is 0.769. The molecule has 0 aliphatic carbocycles. The first-order valence-corrected chi connectivity index (χ1v) is 6.79. The van der Waals surface area contributed by atoms with E-state index in [4.69, 9.17) is 18.9 Å². The minimum Gasteiger partial charge on any atom is -0.475 e. The molecular formula is C13H24N2O4. The summed E-state index contributed by atoms with van der Waals surface area (Å²) >= 11 is 0. The molecule has 0 fully saturated rings. The first-order valence-electron chi connectivity index (χ1n) is 6.79. The number of methoxy groups -OCH3 is 1. The van der Waals surface area contributed by atoms with Gasteiger partial charge in [-0.05, 0) is 26.2 Å². The van der Waals surface area contributed by atoms with Gasteiger partial charge >= 0.3 is 0 Å². The number of rotatable bonds is 11. The molecule has 0 saturated carbocycles. The van der Waals surface area contributed by atoms with E-state index in [9.17, 15) is 0 Å². The molecule has 1 heterocycles. The van der Waals surface area contributed by atoms with Crippen LogP contribution in [0, 0.1) is 0 Å². The Bertz CT molecular complexity index is 341. The smallest absolute Gasteiger partial charge is 0.299 e. The van der Waals surface area contributed by atoms with Crippen molar-refractivity contribution in [3.05, 3.63) is 0 Å². The van der Waals surface area contributed by atoms with Crippen molar-refractivity contribution in [3.63, 3.8) is 0 Å². The lowest BCUT2D eigenvalue weighted by Crippen LogP contribution is -2.01. The minimum atomic E-state index is 0.437. The molecule has 19 heavy (non-hydrogen) atoms. The van der Waals surface area contributed by atoms with Crippen molar-refractivity contribution in [1.82, 2.24) is 9.97 Å². The maximum absolute atomic E-state index is 5.52. The molecule has 6 heteroatoms. The molecule has 0 aliphatic heterocycles. The van der Waals surface area contributed by atoms with Crippen molar-refractivity contribution in [3.8, 4) is 17.8 Å². The summed E-state index contributed by atoms with van der Waals surface area (Å²) in [6.07, 6.45) is 2.81. The topological polar surface area (TPSA) is 65.6 Å². The highest BCUT2D eigenvalue weighted by molar-refractivity contribution is 5.29. The van der Waals surface area contributed by atoms with E-state index in [0.717, 1.165) is 25.9 Å². The molecule has 0 aliphatic rings. The van der Waals surface area contributed by atoms with E-state index in [-0.39, 0.29) is 0 Å². The highest BCUT2D eigenvalue weighted by Gasteiger charge is 2.13. The summed E-state index contributed by atoms with van der Waals surface area (Å²) in [5.74, 6) is 0.999. The van der Waals surface area contributed by atoms with Crippen LogP contribution in [0.4, 0.5) is 0 Å². The summed E-state index contributed by atoms with van der Waals surface area (Å²) in [7, 11) is 1.69. The molecule has 110 valence electrons. The third-order valence-corrected chi connectivity index (χ3v) is 2.33. The van der Waals surface area contributed by atoms with Gasteiger partial charge in [-0.15, -0.1) is 0 Å². The largest absolute Gasteiger partial charge is 0.475 e. The first kappa shape index (κ1) is 15.6. The Hall–Kier alpha value is -1.43. The SMILES string of the molecule is CCCOc1nc(OCCCCOC)[nH]c1OCC. The van der Waals surface area contributed by atoms with Gasteiger partial charge in [-0.25, -0.2) is 0 Å². The lowest BCUT2D eigenvalue weighted by Gasteiger charge is -2.03. The van der Waals surface area contributed by atoms with Gasteiger partial charge in [-0.2, -0.15) is 4.98 Å². The van der Waals surface area contributed by atoms with E-state index < -0.39 is 0 Å². The molecule has 1 rings (SSSR count). The summed E-state index contributed by atoms with van der Waals surface area (Å²) in [5, 5.41) is 0. The lowest BCUT2D eigenvalue weighted by atomic mass is 10.3. The van der Waals surface area contributed by atoms with Crippen molar-refractivity contribution < 1.29 is 18.9 Å². The quantitative estimate of drug-likeness (QED) is 0.627. The maximum atomic E-state index is 5.52. The van der Waals surface area contributed by atoms with E-state index in [1.807, 2.05) is 13.8 Å². The van der Waals surface area contributed by atoms with E-state index in [1.54, 1.807) is 7.11 Å². The van der Waals surface area contributed by atoms with Crippen molar-refractivity contribution in [1.29, 1.82) is 0 Å². The number of H-pyrrole nitrogens is 1. The van der Waals surface area contributed by atoms with Gasteiger partial charge in [0.05, 0.1) is 19.8 Å². The van der Waals surface area contributed by atoms with Crippen LogP contribution in [-0.2, 0) is 4.74 Å². The molecule has 0 atom stereocenters. The Balaban J connectivity index is 2.44. The highest BCUT2D eigenvalue weighted by Crippen LogP contribution is 2.27. The summed E-state index contributed by atoms with van der Waals surface area (Å²) in [6, 6.07) is 0.437. The molecule has 0 amide bonds. The molecule has 0 spiro atoms. The molecule has 0 bridgehead atoms. The van der Waals surface area contributed by atoms with Gasteiger partial charge in [0.15, 0.2) is 0 Å². The molecule has 0 aromatic carbocycles. The number of nitrogens with one attached hydrogen (secondary N) is 1. The predicted molar refractivity (Wildman–Crippen MR) is 72.1 cm³/mol. The van der Waals surface area contributed by atoms with Crippen LogP contribution in [0.25, 0.3) is 0 Å². The van der Waals surface area contributed by atoms with Gasteiger partial charge in [0.25, 0.3) is 17.8 Å². The fourth-order valence-corrected chi connectivity index (χ4v) is 1.45. The van der Waals surface area contributed by atoms with Crippen LogP contribution in [0.1, 0.15) is 33.1 Å². The van der Waals surface area contributed by atoms with Crippen LogP contribution < -0.4 is 14.2 Å². The standard InChI is InChI=1S/C13H24N2O4/c1-4-8-18-12-11(17-5-2)14-13(15-12)19-10-7-6-9-16-3/h4-10H2,1-3H3,(H,14,15). The van der Waals surface area contributed by atoms with Gasteiger partial charge in [0, 0.05) is 13.7 Å². The Morgan fingerprint density at radius 2 is 1.79 bits per heavy atom. The number of aromatic amines is 1. The summed E-state index contributed by atoms with van der Waals surface area (Å²) in [5.41, 5.74) is 0. The summed E-state index contributed by atoms with van der Waals surface area (Å²) in [6.45, 7) is 6.46. The average Bonchev–Trinajstić information content (AvgIpc) is 2.79. The number of hydrogen-bond donors (Lipinski definition) is 1. The second-order valence-corrected chi connectivity index (χ2v) is 4.01. The maximum Gasteiger partial charge on any atom is 0.299 e. The fourth-order valence-electron chi connectivity index (χ4n) is 1.45. The third kappa shape index (κ3) is 5.83. The predicted octanol–water partition coefficient (Wildman–Crippen LogP) is 2.40. The van der Waals surface area contributed by atoms with Crippen LogP contribution in [0.15, 0.2) is 0 Å². The average molecular weight is 272 g/mol. The number of hydrogen-bond acceptors (Lipinski definition) is 5. The first-order chi connectivity index (χ1) is 9.31. The normalized spacial score (nSPS) is 10.5. The van der Waals surface area contributed by atoms with Crippen LogP contribution in [0.5, 0.6) is 17.8 Å². The van der Waals surface area contributed by atoms with Crippen molar-refractivity contribution >= 4 is 0 Å². The monoisotopic (exact) mass is 272 g/mol. The van der Waals surface area contributed by atoms with Crippen LogP contribution >= 0.6 is 0 Å². The van der Waals surface area contributed by atoms with E-state index >= 15 is 0 Å². The molecule has 1 aromatic heterocycles. The van der Waals surface area contributed by atoms with Gasteiger partial charge < -0.3 is 18.9 Å². The molecule has 0 saturated heterocycles. The number of nitrogens with zero attached hydrogens (tertiary/aromatic N) is 1. The molecule has 1 aromatic rings. The zero-order valence-corrected chi connectivity index (χ0v) is 12.0. The molecule has 0 radical (unpaired) electrons. The summed E-state index contributed by atoms with van der Waals surface area (Å²) in [4.78, 5) is 7.20. The highest BCUT2D eigenvalue weighted by atomic mass is 16.5. The molecule has 1 N–H and O–H groups in total. The molecule has 6 nitrogen and oxygen atoms in total. The second kappa shape index (κ2) is 9.49. The van der Waals surface area contributed by atoms with E-state index in [2.05, 4.69) is 9.97 Å². The Kier molecular flexibility index (Phi) is 7.81. The number of unbranched alkanes of at least 4 members (excludes halogenated alkanes) is 1. The second-order valence-electron chi connectivity index (χ2n) is 4.01. The third-order valence-electron chi connectivity index (χ3n) is 2.33. The molecular weight excluding hydrogens is 248 g/mol. The van der Waals surface area contributed by atoms with E-state index in [1.165, 1.54) is 0 Å². The van der Waals surface area contributed by atoms with Crippen molar-refractivity contribution in [2.24, 2.45) is 0 Å². The Morgan fingerprint density at radius 1 is 1.00 bits per heavy atom. The number of ether oxygens (including phenoxy) is 4.